The van der Waals surface area contributed by atoms with Crippen LogP contribution < -0.4 is 5.32 Å². The molecule has 0 saturated carbocycles. The van der Waals surface area contributed by atoms with E-state index in [0.29, 0.717) is 24.0 Å². The summed E-state index contributed by atoms with van der Waals surface area (Å²) in [5, 5.41) is 19.8. The van der Waals surface area contributed by atoms with E-state index >= 15 is 0 Å². The molecule has 86 valence electrons. The summed E-state index contributed by atoms with van der Waals surface area (Å²) in [6, 6.07) is 1.97. The molecule has 0 heterocycles. The SMILES string of the molecule is CC(CO)CCCNC(=O)CSCC#N. The van der Waals surface area contributed by atoms with Crippen molar-refractivity contribution in [3.05, 3.63) is 0 Å². The molecule has 0 rings (SSSR count). The number of aliphatic hydroxyl groups is 1. The Morgan fingerprint density at radius 2 is 2.40 bits per heavy atom. The van der Waals surface area contributed by atoms with Crippen molar-refractivity contribution in [3.8, 4) is 6.07 Å². The van der Waals surface area contributed by atoms with Crippen LogP contribution in [0.1, 0.15) is 19.8 Å². The molecule has 0 radical (unpaired) electrons. The van der Waals surface area contributed by atoms with Gasteiger partial charge in [-0.2, -0.15) is 5.26 Å². The van der Waals surface area contributed by atoms with Crippen molar-refractivity contribution in [2.45, 2.75) is 19.8 Å². The summed E-state index contributed by atoms with van der Waals surface area (Å²) in [5.41, 5.74) is 0. The summed E-state index contributed by atoms with van der Waals surface area (Å²) < 4.78 is 0. The molecule has 0 aromatic rings. The average Bonchev–Trinajstić information content (AvgIpc) is 2.24. The molecule has 5 heteroatoms. The van der Waals surface area contributed by atoms with Gasteiger partial charge in [-0.3, -0.25) is 4.79 Å². The molecule has 15 heavy (non-hydrogen) atoms. The van der Waals surface area contributed by atoms with E-state index in [0.717, 1.165) is 12.8 Å². The highest BCUT2D eigenvalue weighted by Gasteiger charge is 2.02. The Hall–Kier alpha value is -0.730. The molecule has 0 saturated heterocycles. The minimum atomic E-state index is -0.0214. The van der Waals surface area contributed by atoms with Gasteiger partial charge in [0.05, 0.1) is 17.6 Å². The zero-order valence-corrected chi connectivity index (χ0v) is 9.85. The predicted molar refractivity (Wildman–Crippen MR) is 61.4 cm³/mol. The fraction of sp³-hybridized carbons (Fsp3) is 0.800. The topological polar surface area (TPSA) is 73.1 Å². The van der Waals surface area contributed by atoms with Crippen molar-refractivity contribution in [2.75, 3.05) is 24.7 Å². The molecular formula is C10H18N2O2S. The predicted octanol–water partition coefficient (Wildman–Crippen LogP) is 0.768. The lowest BCUT2D eigenvalue weighted by atomic mass is 10.1. The van der Waals surface area contributed by atoms with Crippen LogP contribution in [-0.2, 0) is 4.79 Å². The van der Waals surface area contributed by atoms with Gasteiger partial charge >= 0.3 is 0 Å². The fourth-order valence-electron chi connectivity index (χ4n) is 1.01. The van der Waals surface area contributed by atoms with Crippen LogP contribution in [0.15, 0.2) is 0 Å². The number of nitriles is 1. The number of amides is 1. The van der Waals surface area contributed by atoms with E-state index in [1.54, 1.807) is 0 Å². The number of rotatable bonds is 8. The van der Waals surface area contributed by atoms with Crippen molar-refractivity contribution >= 4 is 17.7 Å². The first kappa shape index (κ1) is 14.3. The molecule has 0 aliphatic heterocycles. The number of hydrogen-bond donors (Lipinski definition) is 2. The van der Waals surface area contributed by atoms with Crippen LogP contribution in [0.3, 0.4) is 0 Å². The smallest absolute Gasteiger partial charge is 0.230 e. The van der Waals surface area contributed by atoms with Crippen LogP contribution >= 0.6 is 11.8 Å². The molecule has 1 unspecified atom stereocenters. The van der Waals surface area contributed by atoms with Crippen LogP contribution in [0.5, 0.6) is 0 Å². The second-order valence-corrected chi connectivity index (χ2v) is 4.42. The summed E-state index contributed by atoms with van der Waals surface area (Å²) >= 11 is 1.32. The van der Waals surface area contributed by atoms with E-state index in [2.05, 4.69) is 5.32 Å². The molecule has 0 bridgehead atoms. The maximum Gasteiger partial charge on any atom is 0.230 e. The molecule has 2 N–H and O–H groups in total. The highest BCUT2D eigenvalue weighted by Crippen LogP contribution is 2.02. The lowest BCUT2D eigenvalue weighted by Crippen LogP contribution is -2.26. The van der Waals surface area contributed by atoms with Crippen LogP contribution in [-0.4, -0.2) is 35.7 Å². The summed E-state index contributed by atoms with van der Waals surface area (Å²) in [5.74, 6) is 0.986. The van der Waals surface area contributed by atoms with E-state index < -0.39 is 0 Å². The standard InChI is InChI=1S/C10H18N2O2S/c1-9(7-13)3-2-5-12-10(14)8-15-6-4-11/h9,13H,2-3,5-8H2,1H3,(H,12,14). The second kappa shape index (κ2) is 9.81. The first-order chi connectivity index (χ1) is 7.20. The van der Waals surface area contributed by atoms with Crippen molar-refractivity contribution in [2.24, 2.45) is 5.92 Å². The minimum absolute atomic E-state index is 0.0214. The number of carbonyl (C=O) groups excluding carboxylic acids is 1. The molecule has 0 aliphatic rings. The van der Waals surface area contributed by atoms with Crippen molar-refractivity contribution in [1.29, 1.82) is 5.26 Å². The number of hydrogen-bond acceptors (Lipinski definition) is 4. The summed E-state index contributed by atoms with van der Waals surface area (Å²) in [4.78, 5) is 11.1. The molecule has 1 amide bonds. The zero-order valence-electron chi connectivity index (χ0n) is 9.03. The number of aliphatic hydroxyl groups excluding tert-OH is 1. The normalized spacial score (nSPS) is 11.8. The zero-order chi connectivity index (χ0) is 11.5. The molecule has 0 spiro atoms. The molecule has 0 aromatic heterocycles. The minimum Gasteiger partial charge on any atom is -0.396 e. The van der Waals surface area contributed by atoms with Gasteiger partial charge in [-0.15, -0.1) is 11.8 Å². The van der Waals surface area contributed by atoms with Gasteiger partial charge in [0.15, 0.2) is 0 Å². The Labute approximate surface area is 95.0 Å². The van der Waals surface area contributed by atoms with E-state index in [4.69, 9.17) is 10.4 Å². The monoisotopic (exact) mass is 230 g/mol. The summed E-state index contributed by atoms with van der Waals surface area (Å²) in [6.07, 6.45) is 1.80. The first-order valence-corrected chi connectivity index (χ1v) is 6.18. The second-order valence-electron chi connectivity index (χ2n) is 3.43. The molecule has 0 fully saturated rings. The molecule has 1 atom stereocenters. The highest BCUT2D eigenvalue weighted by molar-refractivity contribution is 8.00. The van der Waals surface area contributed by atoms with Gasteiger partial charge in [-0.05, 0) is 18.8 Å². The van der Waals surface area contributed by atoms with Crippen LogP contribution in [0.2, 0.25) is 0 Å². The Morgan fingerprint density at radius 3 is 3.00 bits per heavy atom. The van der Waals surface area contributed by atoms with E-state index in [1.807, 2.05) is 13.0 Å². The Morgan fingerprint density at radius 1 is 1.67 bits per heavy atom. The number of carbonyl (C=O) groups is 1. The third kappa shape index (κ3) is 9.57. The van der Waals surface area contributed by atoms with E-state index in [-0.39, 0.29) is 12.5 Å². The lowest BCUT2D eigenvalue weighted by Gasteiger charge is -2.07. The third-order valence-corrected chi connectivity index (χ3v) is 2.71. The van der Waals surface area contributed by atoms with Crippen LogP contribution in [0, 0.1) is 17.2 Å². The molecule has 0 aliphatic carbocycles. The molecule has 4 nitrogen and oxygen atoms in total. The van der Waals surface area contributed by atoms with Crippen LogP contribution in [0.25, 0.3) is 0 Å². The van der Waals surface area contributed by atoms with Gasteiger partial charge in [0.25, 0.3) is 0 Å². The van der Waals surface area contributed by atoms with Gasteiger partial charge in [-0.25, -0.2) is 0 Å². The first-order valence-electron chi connectivity index (χ1n) is 5.03. The van der Waals surface area contributed by atoms with Gasteiger partial charge in [0, 0.05) is 13.2 Å². The Kier molecular flexibility index (Phi) is 9.33. The molecule has 0 aromatic carbocycles. The number of thioether (sulfide) groups is 1. The average molecular weight is 230 g/mol. The summed E-state index contributed by atoms with van der Waals surface area (Å²) in [7, 11) is 0. The summed E-state index contributed by atoms with van der Waals surface area (Å²) in [6.45, 7) is 2.83. The van der Waals surface area contributed by atoms with Gasteiger partial charge < -0.3 is 10.4 Å². The number of nitrogens with one attached hydrogen (secondary N) is 1. The van der Waals surface area contributed by atoms with Gasteiger partial charge in [-0.1, -0.05) is 6.92 Å². The highest BCUT2D eigenvalue weighted by atomic mass is 32.2. The molecular weight excluding hydrogens is 212 g/mol. The van der Waals surface area contributed by atoms with Crippen molar-refractivity contribution < 1.29 is 9.90 Å². The Bertz CT molecular complexity index is 216. The van der Waals surface area contributed by atoms with E-state index in [9.17, 15) is 4.79 Å². The van der Waals surface area contributed by atoms with Crippen LogP contribution in [0.4, 0.5) is 0 Å². The quantitative estimate of drug-likeness (QED) is 0.604. The van der Waals surface area contributed by atoms with Gasteiger partial charge in [0.2, 0.25) is 5.91 Å². The third-order valence-electron chi connectivity index (χ3n) is 1.91. The largest absolute Gasteiger partial charge is 0.396 e. The van der Waals surface area contributed by atoms with Crippen molar-refractivity contribution in [3.63, 3.8) is 0 Å². The van der Waals surface area contributed by atoms with Gasteiger partial charge in [0.1, 0.15) is 0 Å². The number of nitrogens with zero attached hydrogens (tertiary/aromatic N) is 1. The Balaban J connectivity index is 3.28. The van der Waals surface area contributed by atoms with Crippen molar-refractivity contribution in [1.82, 2.24) is 5.32 Å². The van der Waals surface area contributed by atoms with E-state index in [1.165, 1.54) is 11.8 Å². The maximum absolute atomic E-state index is 11.1. The maximum atomic E-state index is 11.1. The fourth-order valence-corrected chi connectivity index (χ4v) is 1.49. The lowest BCUT2D eigenvalue weighted by molar-refractivity contribution is -0.118.